The largest absolute Gasteiger partial charge is 0.497 e. The number of pyridine rings is 2. The highest BCUT2D eigenvalue weighted by Gasteiger charge is 2.26. The summed E-state index contributed by atoms with van der Waals surface area (Å²) in [5.41, 5.74) is 3.04. The van der Waals surface area contributed by atoms with Gasteiger partial charge in [-0.1, -0.05) is 6.07 Å². The number of hydrogen-bond donors (Lipinski definition) is 2. The third-order valence-corrected chi connectivity index (χ3v) is 6.13. The van der Waals surface area contributed by atoms with Crippen molar-refractivity contribution >= 4 is 17.5 Å². The molecule has 1 aliphatic heterocycles. The van der Waals surface area contributed by atoms with E-state index in [1.807, 2.05) is 30.5 Å². The Hall–Kier alpha value is -3.98. The van der Waals surface area contributed by atoms with Crippen LogP contribution in [-0.2, 0) is 16.1 Å². The van der Waals surface area contributed by atoms with E-state index < -0.39 is 11.8 Å². The first kappa shape index (κ1) is 24.2. The number of aromatic nitrogens is 2. The van der Waals surface area contributed by atoms with E-state index in [1.54, 1.807) is 37.8 Å². The standard InChI is InChI=1S/C26H30N6O3/c1-35-23-6-4-22(5-7-23)31-13-15-32(16-14-31)24(21-3-2-10-28-18-21)19-30-26(34)25(33)29-17-20-8-11-27-12-9-20/h2-12,18,24H,13-17,19H2,1H3,(H,29,33)(H,30,34)/t24-/m0/s1. The second-order valence-corrected chi connectivity index (χ2v) is 8.27. The zero-order valence-corrected chi connectivity index (χ0v) is 19.8. The van der Waals surface area contributed by atoms with Crippen LogP contribution in [0.4, 0.5) is 5.69 Å². The van der Waals surface area contributed by atoms with Gasteiger partial charge in [-0.3, -0.25) is 24.5 Å². The first-order valence-corrected chi connectivity index (χ1v) is 11.6. The van der Waals surface area contributed by atoms with Crippen LogP contribution < -0.4 is 20.3 Å². The molecule has 9 heteroatoms. The zero-order valence-electron chi connectivity index (χ0n) is 19.8. The Labute approximate surface area is 205 Å². The summed E-state index contributed by atoms with van der Waals surface area (Å²) >= 11 is 0. The Morgan fingerprint density at radius 1 is 0.914 bits per heavy atom. The molecule has 0 spiro atoms. The van der Waals surface area contributed by atoms with Crippen molar-refractivity contribution in [3.8, 4) is 5.75 Å². The van der Waals surface area contributed by atoms with Gasteiger partial charge in [-0.05, 0) is 53.6 Å². The quantitative estimate of drug-likeness (QED) is 0.480. The summed E-state index contributed by atoms with van der Waals surface area (Å²) in [7, 11) is 1.66. The van der Waals surface area contributed by atoms with Gasteiger partial charge in [-0.25, -0.2) is 0 Å². The van der Waals surface area contributed by atoms with Crippen LogP contribution in [0.2, 0.25) is 0 Å². The maximum atomic E-state index is 12.5. The number of hydrogen-bond acceptors (Lipinski definition) is 7. The number of methoxy groups -OCH3 is 1. The monoisotopic (exact) mass is 474 g/mol. The normalized spacial score (nSPS) is 14.7. The average molecular weight is 475 g/mol. The van der Waals surface area contributed by atoms with Crippen LogP contribution in [0.3, 0.4) is 0 Å². The number of benzene rings is 1. The Balaban J connectivity index is 1.34. The first-order valence-electron chi connectivity index (χ1n) is 11.6. The molecule has 0 unspecified atom stereocenters. The highest BCUT2D eigenvalue weighted by Crippen LogP contribution is 2.25. The molecule has 4 rings (SSSR count). The van der Waals surface area contributed by atoms with Crippen molar-refractivity contribution in [2.24, 2.45) is 0 Å². The number of rotatable bonds is 8. The second kappa shape index (κ2) is 11.9. The van der Waals surface area contributed by atoms with Gasteiger partial charge in [0.1, 0.15) is 5.75 Å². The first-order chi connectivity index (χ1) is 17.1. The fourth-order valence-electron chi connectivity index (χ4n) is 4.15. The van der Waals surface area contributed by atoms with Crippen LogP contribution in [-0.4, -0.2) is 66.5 Å². The molecule has 3 heterocycles. The molecule has 0 saturated carbocycles. The molecule has 9 nitrogen and oxygen atoms in total. The summed E-state index contributed by atoms with van der Waals surface area (Å²) in [5, 5.41) is 5.46. The molecule has 0 aliphatic carbocycles. The zero-order chi connectivity index (χ0) is 24.5. The highest BCUT2D eigenvalue weighted by atomic mass is 16.5. The molecule has 1 aromatic carbocycles. The van der Waals surface area contributed by atoms with Crippen molar-refractivity contribution in [2.45, 2.75) is 12.6 Å². The van der Waals surface area contributed by atoms with Gasteiger partial charge in [0, 0.05) is 69.7 Å². The van der Waals surface area contributed by atoms with E-state index in [1.165, 1.54) is 0 Å². The van der Waals surface area contributed by atoms with Crippen LogP contribution in [0.15, 0.2) is 73.3 Å². The molecule has 2 aromatic heterocycles. The summed E-state index contributed by atoms with van der Waals surface area (Å²) in [4.78, 5) is 37.7. The van der Waals surface area contributed by atoms with E-state index in [9.17, 15) is 9.59 Å². The Bertz CT molecular complexity index is 1090. The maximum Gasteiger partial charge on any atom is 0.309 e. The fraction of sp³-hybridized carbons (Fsp3) is 0.308. The van der Waals surface area contributed by atoms with E-state index in [0.29, 0.717) is 6.54 Å². The van der Waals surface area contributed by atoms with Crippen LogP contribution in [0.1, 0.15) is 17.2 Å². The minimum absolute atomic E-state index is 0.0846. The molecular formula is C26H30N6O3. The highest BCUT2D eigenvalue weighted by molar-refractivity contribution is 6.35. The third-order valence-electron chi connectivity index (χ3n) is 6.13. The Morgan fingerprint density at radius 3 is 2.29 bits per heavy atom. The topological polar surface area (TPSA) is 99.7 Å². The van der Waals surface area contributed by atoms with Crippen LogP contribution >= 0.6 is 0 Å². The predicted octanol–water partition coefficient (Wildman–Crippen LogP) is 1.78. The minimum Gasteiger partial charge on any atom is -0.497 e. The van der Waals surface area contributed by atoms with Crippen LogP contribution in [0.5, 0.6) is 5.75 Å². The van der Waals surface area contributed by atoms with E-state index in [0.717, 1.165) is 48.7 Å². The molecular weight excluding hydrogens is 444 g/mol. The molecule has 1 fully saturated rings. The summed E-state index contributed by atoms with van der Waals surface area (Å²) in [6.45, 7) is 3.92. The SMILES string of the molecule is COc1ccc(N2CCN([C@@H](CNC(=O)C(=O)NCc3ccncc3)c3cccnc3)CC2)cc1. The number of nitrogens with one attached hydrogen (secondary N) is 2. The predicted molar refractivity (Wildman–Crippen MR) is 133 cm³/mol. The van der Waals surface area contributed by atoms with Gasteiger partial charge in [-0.2, -0.15) is 0 Å². The van der Waals surface area contributed by atoms with E-state index in [4.69, 9.17) is 4.74 Å². The number of carbonyl (C=O) groups excluding carboxylic acids is 2. The van der Waals surface area contributed by atoms with Crippen molar-refractivity contribution in [2.75, 3.05) is 44.7 Å². The van der Waals surface area contributed by atoms with Crippen molar-refractivity contribution in [3.63, 3.8) is 0 Å². The molecule has 1 aliphatic rings. The van der Waals surface area contributed by atoms with Crippen LogP contribution in [0.25, 0.3) is 0 Å². The van der Waals surface area contributed by atoms with E-state index in [-0.39, 0.29) is 12.6 Å². The van der Waals surface area contributed by atoms with Gasteiger partial charge in [0.15, 0.2) is 0 Å². The van der Waals surface area contributed by atoms with Gasteiger partial charge < -0.3 is 20.3 Å². The summed E-state index contributed by atoms with van der Waals surface area (Å²) in [6.07, 6.45) is 6.84. The van der Waals surface area contributed by atoms with Gasteiger partial charge in [-0.15, -0.1) is 0 Å². The summed E-state index contributed by atoms with van der Waals surface area (Å²) in [6, 6.07) is 15.5. The van der Waals surface area contributed by atoms with E-state index in [2.05, 4.69) is 42.5 Å². The molecule has 1 saturated heterocycles. The number of anilines is 1. The van der Waals surface area contributed by atoms with Crippen LogP contribution in [0, 0.1) is 0 Å². The van der Waals surface area contributed by atoms with Crippen molar-refractivity contribution in [1.29, 1.82) is 0 Å². The number of amides is 2. The molecule has 2 amide bonds. The smallest absolute Gasteiger partial charge is 0.309 e. The lowest BCUT2D eigenvalue weighted by Gasteiger charge is -2.40. The molecule has 182 valence electrons. The fourth-order valence-corrected chi connectivity index (χ4v) is 4.15. The van der Waals surface area contributed by atoms with Crippen molar-refractivity contribution < 1.29 is 14.3 Å². The molecule has 1 atom stereocenters. The molecule has 3 aromatic rings. The van der Waals surface area contributed by atoms with Crippen molar-refractivity contribution in [3.05, 3.63) is 84.4 Å². The van der Waals surface area contributed by atoms with E-state index >= 15 is 0 Å². The maximum absolute atomic E-state index is 12.5. The van der Waals surface area contributed by atoms with Gasteiger partial charge >= 0.3 is 11.8 Å². The molecule has 0 radical (unpaired) electrons. The Kier molecular flexibility index (Phi) is 8.24. The lowest BCUT2D eigenvalue weighted by atomic mass is 10.1. The summed E-state index contributed by atoms with van der Waals surface area (Å²) in [5.74, 6) is -0.467. The van der Waals surface area contributed by atoms with Gasteiger partial charge in [0.25, 0.3) is 0 Å². The minimum atomic E-state index is -0.656. The van der Waals surface area contributed by atoms with Gasteiger partial charge in [0.05, 0.1) is 13.2 Å². The third kappa shape index (κ3) is 6.54. The lowest BCUT2D eigenvalue weighted by Crippen LogP contribution is -2.50. The Morgan fingerprint density at radius 2 is 1.63 bits per heavy atom. The molecule has 0 bridgehead atoms. The number of nitrogens with zero attached hydrogens (tertiary/aromatic N) is 4. The lowest BCUT2D eigenvalue weighted by molar-refractivity contribution is -0.139. The number of piperazine rings is 1. The molecule has 35 heavy (non-hydrogen) atoms. The molecule has 2 N–H and O–H groups in total. The number of carbonyl (C=O) groups is 2. The second-order valence-electron chi connectivity index (χ2n) is 8.27. The average Bonchev–Trinajstić information content (AvgIpc) is 2.93. The number of ether oxygens (including phenoxy) is 1. The summed E-state index contributed by atoms with van der Waals surface area (Å²) < 4.78 is 5.26. The van der Waals surface area contributed by atoms with Crippen molar-refractivity contribution in [1.82, 2.24) is 25.5 Å². The van der Waals surface area contributed by atoms with Gasteiger partial charge in [0.2, 0.25) is 0 Å².